The highest BCUT2D eigenvalue weighted by atomic mass is 16.3. The number of carbonyl (C=O) groups excluding carboxylic acids is 1. The normalized spacial score (nSPS) is 39.4. The van der Waals surface area contributed by atoms with Crippen molar-refractivity contribution in [3.8, 4) is 5.75 Å². The van der Waals surface area contributed by atoms with Crippen molar-refractivity contribution < 1.29 is 15.0 Å². The van der Waals surface area contributed by atoms with Crippen LogP contribution in [0.15, 0.2) is 18.2 Å². The van der Waals surface area contributed by atoms with Gasteiger partial charge in [-0.2, -0.15) is 0 Å². The molecule has 2 fully saturated rings. The first kappa shape index (κ1) is 17.1. The number of aliphatic hydroxyl groups is 1. The smallest absolute Gasteiger partial charge is 0.132 e. The van der Waals surface area contributed by atoms with Gasteiger partial charge in [0.2, 0.25) is 0 Å². The average molecular weight is 342 g/mol. The molecule has 3 aliphatic rings. The summed E-state index contributed by atoms with van der Waals surface area (Å²) in [7, 11) is 0. The number of hydrogen-bond acceptors (Lipinski definition) is 3. The highest BCUT2D eigenvalue weighted by Crippen LogP contribution is 2.63. The van der Waals surface area contributed by atoms with Crippen LogP contribution in [0.5, 0.6) is 5.75 Å². The quantitative estimate of drug-likeness (QED) is 0.865. The highest BCUT2D eigenvalue weighted by Gasteiger charge is 2.57. The Bertz CT molecular complexity index is 682. The Labute approximate surface area is 150 Å². The minimum Gasteiger partial charge on any atom is -0.508 e. The topological polar surface area (TPSA) is 57.5 Å². The number of aliphatic hydroxyl groups excluding tert-OH is 1. The number of aromatic hydroxyl groups is 1. The molecule has 6 atom stereocenters. The highest BCUT2D eigenvalue weighted by molar-refractivity contribution is 5.78. The van der Waals surface area contributed by atoms with Gasteiger partial charge in [0.15, 0.2) is 0 Å². The van der Waals surface area contributed by atoms with E-state index >= 15 is 0 Å². The summed E-state index contributed by atoms with van der Waals surface area (Å²) in [6.07, 6.45) is 6.09. The van der Waals surface area contributed by atoms with Crippen LogP contribution in [0, 0.1) is 23.2 Å². The molecule has 0 radical (unpaired) electrons. The van der Waals surface area contributed by atoms with E-state index in [2.05, 4.69) is 13.0 Å². The van der Waals surface area contributed by atoms with Gasteiger partial charge in [-0.05, 0) is 84.5 Å². The zero-order chi connectivity index (χ0) is 17.8. The van der Waals surface area contributed by atoms with Gasteiger partial charge in [-0.1, -0.05) is 19.9 Å². The first-order valence-electron chi connectivity index (χ1n) is 9.95. The predicted octanol–water partition coefficient (Wildman–Crippen LogP) is 4.20. The number of phenols is 1. The van der Waals surface area contributed by atoms with Crippen LogP contribution in [0.4, 0.5) is 0 Å². The molecule has 4 rings (SSSR count). The van der Waals surface area contributed by atoms with E-state index in [1.54, 1.807) is 6.07 Å². The van der Waals surface area contributed by atoms with Crippen molar-refractivity contribution in [2.75, 3.05) is 0 Å². The second kappa shape index (κ2) is 6.12. The molecule has 136 valence electrons. The van der Waals surface area contributed by atoms with E-state index in [4.69, 9.17) is 0 Å². The molecule has 0 aliphatic heterocycles. The van der Waals surface area contributed by atoms with Gasteiger partial charge in [0, 0.05) is 12.8 Å². The van der Waals surface area contributed by atoms with E-state index in [-0.39, 0.29) is 11.5 Å². The molecular weight excluding hydrogens is 312 g/mol. The molecule has 3 heteroatoms. The number of ketones is 1. The predicted molar refractivity (Wildman–Crippen MR) is 97.5 cm³/mol. The zero-order valence-corrected chi connectivity index (χ0v) is 15.4. The molecule has 0 amide bonds. The molecule has 0 spiro atoms. The van der Waals surface area contributed by atoms with Crippen molar-refractivity contribution in [1.29, 1.82) is 0 Å². The molecule has 0 saturated heterocycles. The minimum atomic E-state index is -0.223. The Kier molecular flexibility index (Phi) is 4.18. The lowest BCUT2D eigenvalue weighted by Crippen LogP contribution is -2.48. The van der Waals surface area contributed by atoms with Crippen molar-refractivity contribution in [2.24, 2.45) is 23.2 Å². The second-order valence-corrected chi connectivity index (χ2v) is 8.88. The summed E-state index contributed by atoms with van der Waals surface area (Å²) >= 11 is 0. The summed E-state index contributed by atoms with van der Waals surface area (Å²) in [4.78, 5) is 12.3. The number of hydrogen-bond donors (Lipinski definition) is 2. The summed E-state index contributed by atoms with van der Waals surface area (Å²) in [6, 6.07) is 5.82. The largest absolute Gasteiger partial charge is 0.508 e. The Morgan fingerprint density at radius 2 is 2.08 bits per heavy atom. The summed E-state index contributed by atoms with van der Waals surface area (Å²) < 4.78 is 0. The number of benzene rings is 1. The molecule has 2 saturated carbocycles. The van der Waals surface area contributed by atoms with Crippen LogP contribution >= 0.6 is 0 Å². The number of fused-ring (bicyclic) bond motifs is 5. The molecule has 1 aromatic carbocycles. The van der Waals surface area contributed by atoms with Crippen molar-refractivity contribution in [3.63, 3.8) is 0 Å². The Morgan fingerprint density at radius 1 is 1.28 bits per heavy atom. The maximum absolute atomic E-state index is 12.3. The lowest BCUT2D eigenvalue weighted by atomic mass is 9.51. The summed E-state index contributed by atoms with van der Waals surface area (Å²) in [6.45, 7) is 4.21. The van der Waals surface area contributed by atoms with Crippen molar-refractivity contribution in [2.45, 2.75) is 70.8 Å². The van der Waals surface area contributed by atoms with Gasteiger partial charge in [0.1, 0.15) is 11.5 Å². The van der Waals surface area contributed by atoms with E-state index in [1.165, 1.54) is 11.1 Å². The van der Waals surface area contributed by atoms with Gasteiger partial charge in [0.05, 0.1) is 6.10 Å². The number of Topliss-reactive ketones (excluding diaryl/α,β-unsaturated/α-hetero) is 1. The van der Waals surface area contributed by atoms with Crippen LogP contribution in [-0.4, -0.2) is 22.1 Å². The van der Waals surface area contributed by atoms with Gasteiger partial charge in [0.25, 0.3) is 0 Å². The van der Waals surface area contributed by atoms with Crippen LogP contribution in [0.1, 0.15) is 69.4 Å². The fraction of sp³-hybridized carbons (Fsp3) is 0.682. The Balaban J connectivity index is 1.76. The minimum absolute atomic E-state index is 0.0335. The van der Waals surface area contributed by atoms with E-state index in [0.717, 1.165) is 32.1 Å². The second-order valence-electron chi connectivity index (χ2n) is 8.88. The average Bonchev–Trinajstić information content (AvgIpc) is 2.89. The molecule has 0 bridgehead atoms. The molecule has 1 aromatic rings. The van der Waals surface area contributed by atoms with E-state index < -0.39 is 0 Å². The van der Waals surface area contributed by atoms with E-state index in [1.807, 2.05) is 13.0 Å². The number of phenolic OH excluding ortho intramolecular Hbond substituents is 1. The van der Waals surface area contributed by atoms with Crippen LogP contribution in [0.25, 0.3) is 0 Å². The number of aryl methyl sites for hydroxylation is 1. The summed E-state index contributed by atoms with van der Waals surface area (Å²) in [5.74, 6) is 2.52. The Morgan fingerprint density at radius 3 is 2.84 bits per heavy atom. The molecule has 0 unspecified atom stereocenters. The van der Waals surface area contributed by atoms with Crippen molar-refractivity contribution >= 4 is 5.78 Å². The first-order valence-corrected chi connectivity index (χ1v) is 9.95. The van der Waals surface area contributed by atoms with Crippen LogP contribution in [-0.2, 0) is 11.2 Å². The number of carbonyl (C=O) groups is 1. The van der Waals surface area contributed by atoms with Crippen LogP contribution in [0.2, 0.25) is 0 Å². The molecule has 3 nitrogen and oxygen atoms in total. The van der Waals surface area contributed by atoms with Gasteiger partial charge >= 0.3 is 0 Å². The van der Waals surface area contributed by atoms with Crippen molar-refractivity contribution in [3.05, 3.63) is 29.3 Å². The van der Waals surface area contributed by atoms with E-state index in [0.29, 0.717) is 48.0 Å². The maximum atomic E-state index is 12.3. The van der Waals surface area contributed by atoms with Crippen LogP contribution < -0.4 is 0 Å². The SMILES string of the molecule is CCC(=O)C[C@H]1C[C@]2(C)[C@@H](O)CC[C@H]2[C@@H]2CCc3cc(O)ccc3[C@@H]12. The van der Waals surface area contributed by atoms with E-state index in [9.17, 15) is 15.0 Å². The van der Waals surface area contributed by atoms with Gasteiger partial charge < -0.3 is 10.2 Å². The molecule has 2 N–H and O–H groups in total. The first-order chi connectivity index (χ1) is 11.9. The standard InChI is InChI=1S/C22H30O3/c1-3-15(23)11-14-12-22(2)19(8-9-20(22)25)18-6-4-13-10-16(24)5-7-17(13)21(14)18/h5,7,10,14,18-21,24-25H,3-4,6,8-9,11-12H2,1-2H3/t14-,18-,19-,20-,21+,22-/m0/s1. The molecule has 0 heterocycles. The molecule has 3 aliphatic carbocycles. The number of rotatable bonds is 3. The van der Waals surface area contributed by atoms with Gasteiger partial charge in [-0.15, -0.1) is 0 Å². The molecule has 0 aromatic heterocycles. The van der Waals surface area contributed by atoms with Gasteiger partial charge in [-0.25, -0.2) is 0 Å². The molecular formula is C22H30O3. The third-order valence-electron chi connectivity index (χ3n) is 7.66. The van der Waals surface area contributed by atoms with Crippen LogP contribution in [0.3, 0.4) is 0 Å². The maximum Gasteiger partial charge on any atom is 0.132 e. The fourth-order valence-corrected chi connectivity index (χ4v) is 6.48. The lowest BCUT2D eigenvalue weighted by molar-refractivity contribution is -0.122. The van der Waals surface area contributed by atoms with Crippen molar-refractivity contribution in [1.82, 2.24) is 0 Å². The third kappa shape index (κ3) is 2.63. The third-order valence-corrected chi connectivity index (χ3v) is 7.66. The Hall–Kier alpha value is -1.35. The lowest BCUT2D eigenvalue weighted by Gasteiger charge is -2.53. The summed E-state index contributed by atoms with van der Waals surface area (Å²) in [5, 5.41) is 20.6. The molecule has 25 heavy (non-hydrogen) atoms. The zero-order valence-electron chi connectivity index (χ0n) is 15.4. The fourth-order valence-electron chi connectivity index (χ4n) is 6.48. The monoisotopic (exact) mass is 342 g/mol. The van der Waals surface area contributed by atoms with Gasteiger partial charge in [-0.3, -0.25) is 4.79 Å². The summed E-state index contributed by atoms with van der Waals surface area (Å²) in [5.41, 5.74) is 2.58.